The van der Waals surface area contributed by atoms with Crippen molar-refractivity contribution < 1.29 is 4.79 Å². The van der Waals surface area contributed by atoms with Crippen molar-refractivity contribution in [3.63, 3.8) is 0 Å². The maximum absolute atomic E-state index is 12.9. The fourth-order valence-electron chi connectivity index (χ4n) is 3.16. The highest BCUT2D eigenvalue weighted by Gasteiger charge is 2.24. The zero-order valence-electron chi connectivity index (χ0n) is 13.8. The third-order valence-electron chi connectivity index (χ3n) is 4.52. The van der Waals surface area contributed by atoms with Crippen molar-refractivity contribution in [1.29, 1.82) is 0 Å². The number of nitrogens with zero attached hydrogens (tertiary/aromatic N) is 3. The minimum absolute atomic E-state index is 0.0302. The highest BCUT2D eigenvalue weighted by molar-refractivity contribution is 6.01. The minimum Gasteiger partial charge on any atom is -0.294 e. The van der Waals surface area contributed by atoms with Gasteiger partial charge in [0.2, 0.25) is 0 Å². The van der Waals surface area contributed by atoms with E-state index >= 15 is 0 Å². The van der Waals surface area contributed by atoms with Crippen LogP contribution in [0.4, 0.5) is 0 Å². The summed E-state index contributed by atoms with van der Waals surface area (Å²) in [7, 11) is 1.63. The van der Waals surface area contributed by atoms with Gasteiger partial charge in [-0.2, -0.15) is 0 Å². The number of pyridine rings is 1. The fraction of sp³-hybridized carbons (Fsp3) is 0.529. The lowest BCUT2D eigenvalue weighted by Crippen LogP contribution is -2.40. The van der Waals surface area contributed by atoms with Crippen LogP contribution < -0.4 is 11.2 Å². The number of Topliss-reactive ketones (excluding diaryl/α,β-unsaturated/α-hetero) is 1. The Labute approximate surface area is 133 Å². The quantitative estimate of drug-likeness (QED) is 0.863. The summed E-state index contributed by atoms with van der Waals surface area (Å²) < 4.78 is 2.69. The number of fused-ring (bicyclic) bond motifs is 3. The molecule has 0 aromatic carbocycles. The molecule has 0 N–H and O–H groups in total. The predicted octanol–water partition coefficient (Wildman–Crippen LogP) is 1.66. The normalized spacial score (nSPS) is 14.5. The Balaban J connectivity index is 2.33. The van der Waals surface area contributed by atoms with Crippen molar-refractivity contribution in [2.24, 2.45) is 13.0 Å². The number of carbonyl (C=O) groups excluding carboxylic acids is 1. The summed E-state index contributed by atoms with van der Waals surface area (Å²) in [5, 5.41) is 0.432. The van der Waals surface area contributed by atoms with Crippen molar-refractivity contribution in [3.05, 3.63) is 38.2 Å². The van der Waals surface area contributed by atoms with Crippen LogP contribution in [0.15, 0.2) is 15.8 Å². The van der Waals surface area contributed by atoms with Crippen LogP contribution in [0.5, 0.6) is 0 Å². The lowest BCUT2D eigenvalue weighted by Gasteiger charge is -2.18. The van der Waals surface area contributed by atoms with Crippen LogP contribution in [0.1, 0.15) is 49.0 Å². The largest absolute Gasteiger partial charge is 0.332 e. The van der Waals surface area contributed by atoms with Gasteiger partial charge in [0.15, 0.2) is 5.78 Å². The first-order chi connectivity index (χ1) is 10.9. The standard InChI is InChI=1S/C17H21N3O3/c1-10(2)7-8-20-16(22)14-11-5-4-6-13(21)12(11)9-18-15(14)19(3)17(20)23/h9-10H,4-8H2,1-3H3. The second kappa shape index (κ2) is 5.76. The van der Waals surface area contributed by atoms with Crippen molar-refractivity contribution >= 4 is 16.8 Å². The van der Waals surface area contributed by atoms with Crippen LogP contribution >= 0.6 is 0 Å². The molecule has 23 heavy (non-hydrogen) atoms. The van der Waals surface area contributed by atoms with Crippen molar-refractivity contribution in [2.75, 3.05) is 0 Å². The van der Waals surface area contributed by atoms with Crippen molar-refractivity contribution in [3.8, 4) is 0 Å². The monoisotopic (exact) mass is 315 g/mol. The van der Waals surface area contributed by atoms with Crippen LogP contribution in [-0.4, -0.2) is 19.9 Å². The minimum atomic E-state index is -0.349. The number of hydrogen-bond donors (Lipinski definition) is 0. The number of hydrogen-bond acceptors (Lipinski definition) is 4. The highest BCUT2D eigenvalue weighted by Crippen LogP contribution is 2.25. The van der Waals surface area contributed by atoms with Gasteiger partial charge in [0.1, 0.15) is 5.65 Å². The predicted molar refractivity (Wildman–Crippen MR) is 88.0 cm³/mol. The summed E-state index contributed by atoms with van der Waals surface area (Å²) in [5.41, 5.74) is 0.995. The van der Waals surface area contributed by atoms with Gasteiger partial charge < -0.3 is 0 Å². The van der Waals surface area contributed by atoms with Gasteiger partial charge in [0.05, 0.1) is 5.39 Å². The van der Waals surface area contributed by atoms with E-state index in [4.69, 9.17) is 0 Å². The molecule has 6 heteroatoms. The van der Waals surface area contributed by atoms with E-state index in [0.717, 1.165) is 18.4 Å². The number of ketones is 1. The van der Waals surface area contributed by atoms with Gasteiger partial charge in [0, 0.05) is 31.8 Å². The van der Waals surface area contributed by atoms with Gasteiger partial charge in [-0.25, -0.2) is 9.78 Å². The molecular formula is C17H21N3O3. The second-order valence-electron chi connectivity index (χ2n) is 6.61. The number of rotatable bonds is 3. The molecule has 0 saturated carbocycles. The van der Waals surface area contributed by atoms with Crippen LogP contribution in [-0.2, 0) is 20.0 Å². The SMILES string of the molecule is CC(C)CCn1c(=O)c2c3c(cnc2n(C)c1=O)C(=O)CCC3. The molecule has 0 bridgehead atoms. The zero-order chi connectivity index (χ0) is 16.7. The lowest BCUT2D eigenvalue weighted by molar-refractivity contribution is 0.0972. The fourth-order valence-corrected chi connectivity index (χ4v) is 3.16. The molecule has 0 amide bonds. The van der Waals surface area contributed by atoms with Gasteiger partial charge >= 0.3 is 5.69 Å². The maximum Gasteiger partial charge on any atom is 0.332 e. The number of carbonyl (C=O) groups is 1. The molecule has 0 saturated heterocycles. The van der Waals surface area contributed by atoms with Gasteiger partial charge in [-0.15, -0.1) is 0 Å². The first kappa shape index (κ1) is 15.6. The van der Waals surface area contributed by atoms with Crippen LogP contribution in [0, 0.1) is 5.92 Å². The van der Waals surface area contributed by atoms with Crippen LogP contribution in [0.2, 0.25) is 0 Å². The molecule has 0 unspecified atom stereocenters. The molecule has 2 aromatic heterocycles. The third-order valence-corrected chi connectivity index (χ3v) is 4.52. The summed E-state index contributed by atoms with van der Waals surface area (Å²) in [5.74, 6) is 0.425. The van der Waals surface area contributed by atoms with Gasteiger partial charge in [-0.05, 0) is 30.7 Å². The summed E-state index contributed by atoms with van der Waals surface area (Å²) in [4.78, 5) is 41.7. The average molecular weight is 315 g/mol. The van der Waals surface area contributed by atoms with E-state index in [2.05, 4.69) is 18.8 Å². The van der Waals surface area contributed by atoms with Crippen molar-refractivity contribution in [2.45, 2.75) is 46.1 Å². The highest BCUT2D eigenvalue weighted by atomic mass is 16.2. The molecule has 0 fully saturated rings. The van der Waals surface area contributed by atoms with E-state index in [0.29, 0.717) is 41.9 Å². The number of aryl methyl sites for hydroxylation is 2. The Morgan fingerprint density at radius 3 is 2.65 bits per heavy atom. The topological polar surface area (TPSA) is 74.0 Å². The van der Waals surface area contributed by atoms with Crippen LogP contribution in [0.3, 0.4) is 0 Å². The Morgan fingerprint density at radius 2 is 1.96 bits per heavy atom. The van der Waals surface area contributed by atoms with E-state index in [1.165, 1.54) is 15.3 Å². The molecule has 1 aliphatic rings. The molecule has 3 rings (SSSR count). The lowest BCUT2D eigenvalue weighted by atomic mass is 9.90. The van der Waals surface area contributed by atoms with E-state index in [9.17, 15) is 14.4 Å². The maximum atomic E-state index is 12.9. The van der Waals surface area contributed by atoms with Gasteiger partial charge in [0.25, 0.3) is 5.56 Å². The van der Waals surface area contributed by atoms with Gasteiger partial charge in [-0.3, -0.25) is 18.7 Å². The third kappa shape index (κ3) is 2.52. The molecule has 0 radical (unpaired) electrons. The molecule has 0 spiro atoms. The molecule has 0 aliphatic heterocycles. The van der Waals surface area contributed by atoms with E-state index in [-0.39, 0.29) is 17.0 Å². The molecular weight excluding hydrogens is 294 g/mol. The Morgan fingerprint density at radius 1 is 1.22 bits per heavy atom. The molecule has 6 nitrogen and oxygen atoms in total. The first-order valence-electron chi connectivity index (χ1n) is 8.06. The molecule has 122 valence electrons. The van der Waals surface area contributed by atoms with E-state index in [1.807, 2.05) is 0 Å². The van der Waals surface area contributed by atoms with Crippen molar-refractivity contribution in [1.82, 2.24) is 14.1 Å². The van der Waals surface area contributed by atoms with Gasteiger partial charge in [-0.1, -0.05) is 13.8 Å². The second-order valence-corrected chi connectivity index (χ2v) is 6.61. The average Bonchev–Trinajstić information content (AvgIpc) is 2.52. The molecule has 2 aromatic rings. The Bertz CT molecular complexity index is 906. The smallest absolute Gasteiger partial charge is 0.294 e. The van der Waals surface area contributed by atoms with E-state index < -0.39 is 0 Å². The summed E-state index contributed by atoms with van der Waals surface area (Å²) >= 11 is 0. The summed E-state index contributed by atoms with van der Waals surface area (Å²) in [6.07, 6.45) is 4.17. The summed E-state index contributed by atoms with van der Waals surface area (Å²) in [6, 6.07) is 0. The number of aromatic nitrogens is 3. The Kier molecular flexibility index (Phi) is 3.92. The Hall–Kier alpha value is -2.24. The molecule has 0 atom stereocenters. The zero-order valence-corrected chi connectivity index (χ0v) is 13.8. The van der Waals surface area contributed by atoms with E-state index in [1.54, 1.807) is 7.05 Å². The molecule has 2 heterocycles. The summed E-state index contributed by atoms with van der Waals surface area (Å²) in [6.45, 7) is 4.49. The molecule has 1 aliphatic carbocycles. The van der Waals surface area contributed by atoms with Crippen LogP contribution in [0.25, 0.3) is 11.0 Å². The first-order valence-corrected chi connectivity index (χ1v) is 8.06.